The summed E-state index contributed by atoms with van der Waals surface area (Å²) in [6, 6.07) is 7.54. The van der Waals surface area contributed by atoms with Crippen molar-refractivity contribution in [3.05, 3.63) is 64.9 Å². The number of ether oxygens (including phenoxy) is 3. The highest BCUT2D eigenvalue weighted by molar-refractivity contribution is 6.00. The number of aryl methyl sites for hydroxylation is 1. The monoisotopic (exact) mass is 408 g/mol. The Morgan fingerprint density at radius 1 is 1.13 bits per heavy atom. The van der Waals surface area contributed by atoms with Crippen molar-refractivity contribution in [1.82, 2.24) is 14.5 Å². The molecular formula is C21H20N4O5. The summed E-state index contributed by atoms with van der Waals surface area (Å²) in [4.78, 5) is 32.4. The molecule has 3 aromatic rings. The van der Waals surface area contributed by atoms with E-state index in [9.17, 15) is 9.59 Å². The van der Waals surface area contributed by atoms with E-state index in [1.165, 1.54) is 12.4 Å². The first-order chi connectivity index (χ1) is 14.4. The summed E-state index contributed by atoms with van der Waals surface area (Å²) in [7, 11) is 0. The summed E-state index contributed by atoms with van der Waals surface area (Å²) < 4.78 is 17.9. The molecule has 1 aliphatic rings. The highest BCUT2D eigenvalue weighted by Gasteiger charge is 2.20. The lowest BCUT2D eigenvalue weighted by atomic mass is 10.1. The van der Waals surface area contributed by atoms with E-state index in [1.807, 2.05) is 36.6 Å². The first-order valence-corrected chi connectivity index (χ1v) is 9.26. The largest absolute Gasteiger partial charge is 0.454 e. The Kier molecular flexibility index (Phi) is 5.09. The third-order valence-electron chi connectivity index (χ3n) is 4.91. The van der Waals surface area contributed by atoms with Gasteiger partial charge in [0, 0.05) is 35.9 Å². The Hall–Kier alpha value is -3.88. The normalized spacial score (nSPS) is 12.1. The molecule has 9 heteroatoms. The quantitative estimate of drug-likeness (QED) is 0.487. The molecule has 0 unspecified atom stereocenters. The van der Waals surface area contributed by atoms with Gasteiger partial charge in [-0.05, 0) is 37.6 Å². The van der Waals surface area contributed by atoms with Crippen LogP contribution in [0.25, 0.3) is 0 Å². The number of Topliss-reactive ketones (excluding diaryl/α,β-unsaturated/α-hetero) is 1. The number of benzene rings is 1. The smallest absolute Gasteiger partial charge is 0.361 e. The number of esters is 1. The SMILES string of the molecule is Cc1cc(C(=O)COC(=O)c2nccnc2N)c(C)n1Cc1ccc2c(c1)OCO2. The summed E-state index contributed by atoms with van der Waals surface area (Å²) in [6.07, 6.45) is 2.70. The number of carbonyl (C=O) groups is 2. The molecule has 0 spiro atoms. The summed E-state index contributed by atoms with van der Waals surface area (Å²) >= 11 is 0. The van der Waals surface area contributed by atoms with Gasteiger partial charge in [0.2, 0.25) is 12.6 Å². The number of ketones is 1. The number of aromatic nitrogens is 3. The minimum atomic E-state index is -0.789. The standard InChI is InChI=1S/C21H20N4O5/c1-12-7-15(16(26)10-28-21(27)19-20(22)24-6-5-23-19)13(2)25(12)9-14-3-4-17-18(8-14)30-11-29-17/h3-8H,9-11H2,1-2H3,(H2,22,24). The van der Waals surface area contributed by atoms with Crippen molar-refractivity contribution in [1.29, 1.82) is 0 Å². The fraction of sp³-hybridized carbons (Fsp3) is 0.238. The van der Waals surface area contributed by atoms with E-state index in [1.54, 1.807) is 6.07 Å². The van der Waals surface area contributed by atoms with Gasteiger partial charge in [-0.15, -0.1) is 0 Å². The van der Waals surface area contributed by atoms with E-state index in [4.69, 9.17) is 19.9 Å². The Balaban J connectivity index is 1.47. The van der Waals surface area contributed by atoms with E-state index in [0.717, 1.165) is 22.7 Å². The second-order valence-electron chi connectivity index (χ2n) is 6.85. The molecule has 0 aliphatic carbocycles. The molecule has 2 N–H and O–H groups in total. The summed E-state index contributed by atoms with van der Waals surface area (Å²) in [5, 5.41) is 0. The minimum Gasteiger partial charge on any atom is -0.454 e. The number of fused-ring (bicyclic) bond motifs is 1. The van der Waals surface area contributed by atoms with Gasteiger partial charge in [0.05, 0.1) is 0 Å². The number of anilines is 1. The van der Waals surface area contributed by atoms with Gasteiger partial charge in [-0.25, -0.2) is 14.8 Å². The van der Waals surface area contributed by atoms with Crippen LogP contribution >= 0.6 is 0 Å². The molecule has 3 heterocycles. The van der Waals surface area contributed by atoms with E-state index < -0.39 is 12.6 Å². The number of nitrogens with zero attached hydrogens (tertiary/aromatic N) is 3. The van der Waals surface area contributed by atoms with Gasteiger partial charge in [-0.1, -0.05) is 6.07 Å². The maximum Gasteiger partial charge on any atom is 0.361 e. The van der Waals surface area contributed by atoms with Crippen LogP contribution in [0.3, 0.4) is 0 Å². The molecule has 0 saturated heterocycles. The average Bonchev–Trinajstić information content (AvgIpc) is 3.31. The third kappa shape index (κ3) is 3.69. The second-order valence-corrected chi connectivity index (χ2v) is 6.85. The van der Waals surface area contributed by atoms with Gasteiger partial charge in [0.1, 0.15) is 0 Å². The van der Waals surface area contributed by atoms with E-state index in [-0.39, 0.29) is 24.1 Å². The molecule has 9 nitrogen and oxygen atoms in total. The van der Waals surface area contributed by atoms with Crippen molar-refractivity contribution in [3.8, 4) is 11.5 Å². The Bertz CT molecular complexity index is 1140. The number of carbonyl (C=O) groups excluding carboxylic acids is 2. The fourth-order valence-corrected chi connectivity index (χ4v) is 3.33. The van der Waals surface area contributed by atoms with E-state index >= 15 is 0 Å². The van der Waals surface area contributed by atoms with Crippen LogP contribution in [0.4, 0.5) is 5.82 Å². The maximum atomic E-state index is 12.7. The van der Waals surface area contributed by atoms with Crippen LogP contribution in [0, 0.1) is 13.8 Å². The fourth-order valence-electron chi connectivity index (χ4n) is 3.33. The van der Waals surface area contributed by atoms with Gasteiger partial charge < -0.3 is 24.5 Å². The molecule has 0 bridgehead atoms. The van der Waals surface area contributed by atoms with Gasteiger partial charge in [0.15, 0.2) is 29.6 Å². The molecule has 1 aliphatic heterocycles. The lowest BCUT2D eigenvalue weighted by Gasteiger charge is -2.11. The van der Waals surface area contributed by atoms with Crippen LogP contribution in [0.1, 0.15) is 37.8 Å². The Morgan fingerprint density at radius 3 is 2.70 bits per heavy atom. The lowest BCUT2D eigenvalue weighted by Crippen LogP contribution is -2.17. The van der Waals surface area contributed by atoms with Crippen LogP contribution in [0.2, 0.25) is 0 Å². The Labute approximate surface area is 172 Å². The molecule has 0 atom stereocenters. The van der Waals surface area contributed by atoms with E-state index in [0.29, 0.717) is 17.9 Å². The highest BCUT2D eigenvalue weighted by atomic mass is 16.7. The van der Waals surface area contributed by atoms with Crippen molar-refractivity contribution >= 4 is 17.6 Å². The zero-order valence-electron chi connectivity index (χ0n) is 16.5. The van der Waals surface area contributed by atoms with Crippen molar-refractivity contribution in [2.45, 2.75) is 20.4 Å². The molecule has 1 aromatic carbocycles. The van der Waals surface area contributed by atoms with Gasteiger partial charge >= 0.3 is 5.97 Å². The number of hydrogen-bond acceptors (Lipinski definition) is 8. The number of hydrogen-bond donors (Lipinski definition) is 1. The molecule has 0 amide bonds. The molecule has 0 saturated carbocycles. The number of nitrogen functional groups attached to an aromatic ring is 1. The predicted molar refractivity (Wildman–Crippen MR) is 107 cm³/mol. The Morgan fingerprint density at radius 2 is 1.90 bits per heavy atom. The maximum absolute atomic E-state index is 12.7. The molecule has 4 rings (SSSR count). The molecule has 0 fully saturated rings. The van der Waals surface area contributed by atoms with Crippen molar-refractivity contribution in [2.24, 2.45) is 0 Å². The third-order valence-corrected chi connectivity index (χ3v) is 4.91. The molecular weight excluding hydrogens is 388 g/mol. The molecule has 2 aromatic heterocycles. The summed E-state index contributed by atoms with van der Waals surface area (Å²) in [5.74, 6) is 0.290. The second kappa shape index (κ2) is 7.86. The minimum absolute atomic E-state index is 0.0446. The van der Waals surface area contributed by atoms with Crippen LogP contribution in [-0.2, 0) is 11.3 Å². The highest BCUT2D eigenvalue weighted by Crippen LogP contribution is 2.33. The first-order valence-electron chi connectivity index (χ1n) is 9.26. The zero-order chi connectivity index (χ0) is 21.3. The number of rotatable bonds is 6. The lowest BCUT2D eigenvalue weighted by molar-refractivity contribution is 0.0469. The molecule has 0 radical (unpaired) electrons. The molecule has 30 heavy (non-hydrogen) atoms. The predicted octanol–water partition coefficient (Wildman–Crippen LogP) is 2.29. The summed E-state index contributed by atoms with van der Waals surface area (Å²) in [6.45, 7) is 4.15. The summed E-state index contributed by atoms with van der Waals surface area (Å²) in [5.41, 5.74) is 8.71. The molecule has 154 valence electrons. The topological polar surface area (TPSA) is 119 Å². The van der Waals surface area contributed by atoms with Crippen molar-refractivity contribution in [2.75, 3.05) is 19.1 Å². The van der Waals surface area contributed by atoms with Gasteiger partial charge in [0.25, 0.3) is 0 Å². The number of nitrogens with two attached hydrogens (primary N) is 1. The van der Waals surface area contributed by atoms with Gasteiger partial charge in [-0.2, -0.15) is 0 Å². The average molecular weight is 408 g/mol. The first kappa shape index (κ1) is 19.4. The van der Waals surface area contributed by atoms with Crippen LogP contribution in [-0.4, -0.2) is 39.7 Å². The van der Waals surface area contributed by atoms with Crippen molar-refractivity contribution in [3.63, 3.8) is 0 Å². The van der Waals surface area contributed by atoms with Crippen LogP contribution in [0.15, 0.2) is 36.7 Å². The van der Waals surface area contributed by atoms with Crippen LogP contribution < -0.4 is 15.2 Å². The zero-order valence-corrected chi connectivity index (χ0v) is 16.5. The van der Waals surface area contributed by atoms with Crippen molar-refractivity contribution < 1.29 is 23.8 Å². The van der Waals surface area contributed by atoms with E-state index in [2.05, 4.69) is 9.97 Å². The van der Waals surface area contributed by atoms with Crippen LogP contribution in [0.5, 0.6) is 11.5 Å². The van der Waals surface area contributed by atoms with Gasteiger partial charge in [-0.3, -0.25) is 4.79 Å².